The van der Waals surface area contributed by atoms with E-state index in [0.29, 0.717) is 29.8 Å². The fraction of sp³-hybridized carbons (Fsp3) is 0.280. The first-order valence-corrected chi connectivity index (χ1v) is 10.3. The first-order valence-electron chi connectivity index (χ1n) is 10.3. The van der Waals surface area contributed by atoms with Crippen molar-refractivity contribution in [1.82, 2.24) is 9.80 Å². The molecule has 4 rings (SSSR count). The van der Waals surface area contributed by atoms with Crippen molar-refractivity contribution in [3.8, 4) is 0 Å². The molecule has 0 saturated carbocycles. The molecule has 0 spiro atoms. The number of nitrogens with zero attached hydrogens (tertiary/aromatic N) is 2. The zero-order chi connectivity index (χ0) is 21.1. The van der Waals surface area contributed by atoms with Gasteiger partial charge in [-0.25, -0.2) is 0 Å². The van der Waals surface area contributed by atoms with Crippen molar-refractivity contribution in [2.24, 2.45) is 0 Å². The quantitative estimate of drug-likeness (QED) is 0.609. The van der Waals surface area contributed by atoms with Crippen LogP contribution in [0, 0.1) is 0 Å². The molecule has 5 nitrogen and oxygen atoms in total. The first-order chi connectivity index (χ1) is 14.5. The molecule has 5 heteroatoms. The van der Waals surface area contributed by atoms with Crippen molar-refractivity contribution in [2.45, 2.75) is 19.4 Å². The van der Waals surface area contributed by atoms with Crippen molar-refractivity contribution in [2.75, 3.05) is 27.2 Å². The van der Waals surface area contributed by atoms with Gasteiger partial charge >= 0.3 is 0 Å². The van der Waals surface area contributed by atoms with Gasteiger partial charge in [-0.05, 0) is 44.3 Å². The average molecular weight is 402 g/mol. The molecule has 1 aliphatic rings. The summed E-state index contributed by atoms with van der Waals surface area (Å²) in [6.07, 6.45) is 1.52. The first kappa shape index (κ1) is 20.1. The number of fused-ring (bicyclic) bond motifs is 1. The van der Waals surface area contributed by atoms with Gasteiger partial charge in [-0.15, -0.1) is 0 Å². The van der Waals surface area contributed by atoms with E-state index in [1.165, 1.54) is 5.56 Å². The van der Waals surface area contributed by atoms with Gasteiger partial charge in [0.2, 0.25) is 0 Å². The lowest BCUT2D eigenvalue weighted by Crippen LogP contribution is -2.33. The van der Waals surface area contributed by atoms with E-state index in [4.69, 9.17) is 4.42 Å². The molecule has 0 N–H and O–H groups in total. The maximum atomic E-state index is 13.0. The molecular formula is C25H26N2O3. The fourth-order valence-electron chi connectivity index (χ4n) is 3.85. The molecule has 154 valence electrons. The van der Waals surface area contributed by atoms with Crippen LogP contribution in [0.5, 0.6) is 0 Å². The molecule has 0 atom stereocenters. The second kappa shape index (κ2) is 8.67. The Balaban J connectivity index is 1.42. The molecule has 30 heavy (non-hydrogen) atoms. The Labute approximate surface area is 176 Å². The molecule has 1 aromatic heterocycles. The van der Waals surface area contributed by atoms with E-state index in [9.17, 15) is 9.59 Å². The molecule has 2 aromatic carbocycles. The number of amides is 1. The molecule has 0 bridgehead atoms. The monoisotopic (exact) mass is 402 g/mol. The number of carbonyl (C=O) groups is 2. The Morgan fingerprint density at radius 3 is 2.23 bits per heavy atom. The summed E-state index contributed by atoms with van der Waals surface area (Å²) in [7, 11) is 4.04. The van der Waals surface area contributed by atoms with Gasteiger partial charge in [0.05, 0.1) is 6.54 Å². The van der Waals surface area contributed by atoms with Crippen LogP contribution in [0.4, 0.5) is 0 Å². The van der Waals surface area contributed by atoms with Gasteiger partial charge in [0.15, 0.2) is 5.78 Å². The van der Waals surface area contributed by atoms with Crippen LogP contribution in [0.25, 0.3) is 0 Å². The Kier molecular flexibility index (Phi) is 5.81. The Hall–Kier alpha value is -3.18. The Morgan fingerprint density at radius 2 is 1.53 bits per heavy atom. The highest BCUT2D eigenvalue weighted by molar-refractivity contribution is 6.09. The van der Waals surface area contributed by atoms with Crippen molar-refractivity contribution < 1.29 is 14.0 Å². The molecular weight excluding hydrogens is 376 g/mol. The number of hydrogen-bond donors (Lipinski definition) is 0. The highest BCUT2D eigenvalue weighted by Crippen LogP contribution is 2.22. The predicted molar refractivity (Wildman–Crippen MR) is 116 cm³/mol. The van der Waals surface area contributed by atoms with E-state index in [0.717, 1.165) is 30.9 Å². The van der Waals surface area contributed by atoms with Gasteiger partial charge in [0.1, 0.15) is 11.5 Å². The summed E-state index contributed by atoms with van der Waals surface area (Å²) < 4.78 is 6.00. The SMILES string of the molecule is CN(C)Cc1cc2c(o1)CCN(C(=O)c1ccc(C(=O)c3ccccc3)cc1)CC2. The maximum absolute atomic E-state index is 13.0. The lowest BCUT2D eigenvalue weighted by molar-refractivity contribution is 0.0761. The Bertz CT molecular complexity index is 1010. The number of ketones is 1. The number of carbonyl (C=O) groups excluding carboxylic acids is 2. The van der Waals surface area contributed by atoms with Crippen LogP contribution in [0.3, 0.4) is 0 Å². The van der Waals surface area contributed by atoms with Crippen molar-refractivity contribution in [1.29, 1.82) is 0 Å². The zero-order valence-corrected chi connectivity index (χ0v) is 17.4. The summed E-state index contributed by atoms with van der Waals surface area (Å²) in [6, 6.07) is 18.2. The molecule has 2 heterocycles. The fourth-order valence-corrected chi connectivity index (χ4v) is 3.85. The summed E-state index contributed by atoms with van der Waals surface area (Å²) in [5.74, 6) is 1.92. The largest absolute Gasteiger partial charge is 0.464 e. The molecule has 0 aliphatic carbocycles. The summed E-state index contributed by atoms with van der Waals surface area (Å²) in [5.41, 5.74) is 3.03. The maximum Gasteiger partial charge on any atom is 0.253 e. The van der Waals surface area contributed by atoms with Crippen molar-refractivity contribution >= 4 is 11.7 Å². The molecule has 0 saturated heterocycles. The van der Waals surface area contributed by atoms with E-state index >= 15 is 0 Å². The van der Waals surface area contributed by atoms with Gasteiger partial charge in [0.25, 0.3) is 5.91 Å². The number of hydrogen-bond acceptors (Lipinski definition) is 4. The smallest absolute Gasteiger partial charge is 0.253 e. The second-order valence-corrected chi connectivity index (χ2v) is 7.96. The number of benzene rings is 2. The van der Waals surface area contributed by atoms with Crippen LogP contribution in [-0.2, 0) is 19.4 Å². The topological polar surface area (TPSA) is 53.8 Å². The van der Waals surface area contributed by atoms with Crippen LogP contribution >= 0.6 is 0 Å². The van der Waals surface area contributed by atoms with Crippen molar-refractivity contribution in [3.05, 3.63) is 94.4 Å². The third-order valence-electron chi connectivity index (χ3n) is 5.40. The van der Waals surface area contributed by atoms with Crippen molar-refractivity contribution in [3.63, 3.8) is 0 Å². The normalized spacial score (nSPS) is 13.8. The van der Waals surface area contributed by atoms with E-state index in [1.807, 2.05) is 37.2 Å². The molecule has 0 fully saturated rings. The van der Waals surface area contributed by atoms with Crippen LogP contribution in [0.1, 0.15) is 43.4 Å². The highest BCUT2D eigenvalue weighted by Gasteiger charge is 2.23. The molecule has 0 radical (unpaired) electrons. The van der Waals surface area contributed by atoms with Gasteiger partial charge in [-0.1, -0.05) is 42.5 Å². The summed E-state index contributed by atoms with van der Waals surface area (Å²) in [5, 5.41) is 0. The van der Waals surface area contributed by atoms with E-state index in [-0.39, 0.29) is 11.7 Å². The van der Waals surface area contributed by atoms with Crippen LogP contribution in [0.15, 0.2) is 65.1 Å². The van der Waals surface area contributed by atoms with Gasteiger partial charge in [-0.2, -0.15) is 0 Å². The molecule has 0 unspecified atom stereocenters. The van der Waals surface area contributed by atoms with E-state index in [1.54, 1.807) is 36.4 Å². The minimum Gasteiger partial charge on any atom is -0.464 e. The number of rotatable bonds is 5. The third-order valence-corrected chi connectivity index (χ3v) is 5.40. The van der Waals surface area contributed by atoms with Crippen LogP contribution in [0.2, 0.25) is 0 Å². The van der Waals surface area contributed by atoms with Crippen LogP contribution in [-0.4, -0.2) is 48.7 Å². The lowest BCUT2D eigenvalue weighted by Gasteiger charge is -2.20. The summed E-state index contributed by atoms with van der Waals surface area (Å²) in [4.78, 5) is 29.5. The Morgan fingerprint density at radius 1 is 0.900 bits per heavy atom. The zero-order valence-electron chi connectivity index (χ0n) is 17.4. The second-order valence-electron chi connectivity index (χ2n) is 7.96. The highest BCUT2D eigenvalue weighted by atomic mass is 16.3. The van der Waals surface area contributed by atoms with Gasteiger partial charge in [0, 0.05) is 36.2 Å². The summed E-state index contributed by atoms with van der Waals surface area (Å²) >= 11 is 0. The predicted octanol–water partition coefficient (Wildman–Crippen LogP) is 3.81. The molecule has 1 amide bonds. The average Bonchev–Trinajstić information content (AvgIpc) is 3.03. The summed E-state index contributed by atoms with van der Waals surface area (Å²) in [6.45, 7) is 2.08. The molecule has 3 aromatic rings. The van der Waals surface area contributed by atoms with Gasteiger partial charge < -0.3 is 14.2 Å². The minimum atomic E-state index is -0.0394. The third kappa shape index (κ3) is 4.36. The standard InChI is InChI=1S/C25H26N2O3/c1-26(2)17-22-16-21-12-14-27(15-13-23(21)30-22)25(29)20-10-8-19(9-11-20)24(28)18-6-4-3-5-7-18/h3-11,16H,12-15,17H2,1-2H3. The van der Waals surface area contributed by atoms with E-state index < -0.39 is 0 Å². The van der Waals surface area contributed by atoms with Crippen LogP contribution < -0.4 is 0 Å². The van der Waals surface area contributed by atoms with E-state index in [2.05, 4.69) is 11.0 Å². The number of furan rings is 1. The minimum absolute atomic E-state index is 0.00706. The molecule has 1 aliphatic heterocycles. The van der Waals surface area contributed by atoms with Gasteiger partial charge in [-0.3, -0.25) is 9.59 Å². The lowest BCUT2D eigenvalue weighted by atomic mass is 10.0.